The van der Waals surface area contributed by atoms with Gasteiger partial charge in [0.15, 0.2) is 5.78 Å². The zero-order chi connectivity index (χ0) is 31.6. The average molecular weight is 605 g/mol. The van der Waals surface area contributed by atoms with Crippen LogP contribution in [0.5, 0.6) is 5.75 Å². The highest BCUT2D eigenvalue weighted by molar-refractivity contribution is 6.12. The minimum atomic E-state index is -1.02. The third-order valence-electron chi connectivity index (χ3n) is 8.30. The Balaban J connectivity index is 1.20. The number of nitrogens with one attached hydrogen (secondary N) is 1. The molecule has 0 spiro atoms. The van der Waals surface area contributed by atoms with Gasteiger partial charge in [-0.05, 0) is 55.2 Å². The first kappa shape index (κ1) is 31.5. The lowest BCUT2D eigenvalue weighted by Gasteiger charge is -2.26. The van der Waals surface area contributed by atoms with E-state index in [2.05, 4.69) is 30.4 Å². The molecule has 0 radical (unpaired) electrons. The quantitative estimate of drug-likeness (QED) is 0.152. The largest absolute Gasteiger partial charge is 0.492 e. The maximum atomic E-state index is 13.3. The minimum absolute atomic E-state index is 0.0910. The molecule has 1 saturated carbocycles. The molecule has 0 aromatic heterocycles. The molecule has 45 heavy (non-hydrogen) atoms. The molecule has 0 heterocycles. The van der Waals surface area contributed by atoms with E-state index in [1.807, 2.05) is 41.3 Å². The topological polar surface area (TPSA) is 95.9 Å². The van der Waals surface area contributed by atoms with Gasteiger partial charge in [0, 0.05) is 35.7 Å². The SMILES string of the molecule is Cc1cccc(CN(CCOc2ccc(C[C@H](Nc3ccccc3C(=O)c3ccccc3)C(=O)O)cc2)C(=O)C2CCCC2)c1. The predicted octanol–water partition coefficient (Wildman–Crippen LogP) is 6.93. The van der Waals surface area contributed by atoms with Crippen LogP contribution in [0.3, 0.4) is 0 Å². The molecule has 1 atom stereocenters. The summed E-state index contributed by atoms with van der Waals surface area (Å²) in [5.74, 6) is -0.244. The molecular formula is C38H40N2O5. The predicted molar refractivity (Wildman–Crippen MR) is 176 cm³/mol. The average Bonchev–Trinajstić information content (AvgIpc) is 3.60. The Morgan fingerprint density at radius 1 is 0.867 bits per heavy atom. The highest BCUT2D eigenvalue weighted by Crippen LogP contribution is 2.27. The van der Waals surface area contributed by atoms with Crippen LogP contribution in [0.25, 0.3) is 0 Å². The van der Waals surface area contributed by atoms with Crippen molar-refractivity contribution in [2.45, 2.75) is 51.6 Å². The number of aryl methyl sites for hydroxylation is 1. The Bertz CT molecular complexity index is 1600. The van der Waals surface area contributed by atoms with Crippen LogP contribution < -0.4 is 10.1 Å². The molecule has 7 nitrogen and oxygen atoms in total. The lowest BCUT2D eigenvalue weighted by molar-refractivity contribution is -0.138. The van der Waals surface area contributed by atoms with E-state index in [0.717, 1.165) is 36.8 Å². The van der Waals surface area contributed by atoms with Gasteiger partial charge in [0.05, 0.1) is 6.54 Å². The second-order valence-electron chi connectivity index (χ2n) is 11.7. The molecule has 1 aliphatic rings. The van der Waals surface area contributed by atoms with Gasteiger partial charge in [0.25, 0.3) is 0 Å². The molecular weight excluding hydrogens is 564 g/mol. The fraction of sp³-hybridized carbons (Fsp3) is 0.289. The van der Waals surface area contributed by atoms with E-state index in [9.17, 15) is 19.5 Å². The molecule has 2 N–H and O–H groups in total. The molecule has 1 amide bonds. The summed E-state index contributed by atoms with van der Waals surface area (Å²) in [7, 11) is 0. The summed E-state index contributed by atoms with van der Waals surface area (Å²) in [5, 5.41) is 13.1. The number of benzene rings is 4. The number of hydrogen-bond acceptors (Lipinski definition) is 5. The van der Waals surface area contributed by atoms with E-state index in [4.69, 9.17) is 4.74 Å². The first-order valence-corrected chi connectivity index (χ1v) is 15.6. The van der Waals surface area contributed by atoms with Gasteiger partial charge in [-0.3, -0.25) is 9.59 Å². The van der Waals surface area contributed by atoms with E-state index in [1.165, 1.54) is 5.56 Å². The summed E-state index contributed by atoms with van der Waals surface area (Å²) in [4.78, 5) is 40.6. The van der Waals surface area contributed by atoms with E-state index in [1.54, 1.807) is 48.5 Å². The molecule has 1 fully saturated rings. The lowest BCUT2D eigenvalue weighted by atomic mass is 10.00. The normalized spacial score (nSPS) is 13.6. The van der Waals surface area contributed by atoms with Crippen molar-refractivity contribution in [3.63, 3.8) is 0 Å². The van der Waals surface area contributed by atoms with Crippen LogP contribution in [0.1, 0.15) is 58.3 Å². The number of para-hydroxylation sites is 1. The number of hydrogen-bond donors (Lipinski definition) is 2. The number of aliphatic carboxylic acids is 1. The minimum Gasteiger partial charge on any atom is -0.492 e. The molecule has 5 rings (SSSR count). The number of carbonyl (C=O) groups is 3. The van der Waals surface area contributed by atoms with Crippen LogP contribution in [0.2, 0.25) is 0 Å². The number of carboxylic acids is 1. The summed E-state index contributed by atoms with van der Waals surface area (Å²) >= 11 is 0. The number of ether oxygens (including phenoxy) is 1. The number of ketones is 1. The fourth-order valence-corrected chi connectivity index (χ4v) is 5.90. The highest BCUT2D eigenvalue weighted by atomic mass is 16.5. The Labute approximate surface area is 264 Å². The third-order valence-corrected chi connectivity index (χ3v) is 8.30. The van der Waals surface area contributed by atoms with Gasteiger partial charge in [-0.25, -0.2) is 4.79 Å². The van der Waals surface area contributed by atoms with E-state index < -0.39 is 12.0 Å². The molecule has 4 aromatic rings. The van der Waals surface area contributed by atoms with Gasteiger partial charge in [-0.15, -0.1) is 0 Å². The van der Waals surface area contributed by atoms with Crippen LogP contribution in [0.4, 0.5) is 5.69 Å². The molecule has 0 saturated heterocycles. The first-order chi connectivity index (χ1) is 21.9. The van der Waals surface area contributed by atoms with Crippen LogP contribution >= 0.6 is 0 Å². The summed E-state index contributed by atoms with van der Waals surface area (Å²) in [5.41, 5.74) is 4.52. The zero-order valence-electron chi connectivity index (χ0n) is 25.7. The molecule has 1 aliphatic carbocycles. The molecule has 7 heteroatoms. The van der Waals surface area contributed by atoms with Crippen LogP contribution in [0, 0.1) is 12.8 Å². The summed E-state index contributed by atoms with van der Waals surface area (Å²) in [6.07, 6.45) is 4.32. The number of amides is 1. The standard InChI is InChI=1S/C38H40N2O5/c1-27-10-9-11-29(24-27)26-40(37(42)31-14-5-6-15-31)22-23-45-32-20-18-28(19-21-32)25-35(38(43)44)39-34-17-8-7-16-33(34)36(41)30-12-3-2-4-13-30/h2-4,7-13,16-21,24,31,35,39H,5-6,14-15,22-23,25-26H2,1H3,(H,43,44)/t35-/m0/s1. The van der Waals surface area contributed by atoms with Crippen LogP contribution in [-0.4, -0.2) is 46.9 Å². The monoisotopic (exact) mass is 604 g/mol. The number of nitrogens with zero attached hydrogens (tertiary/aromatic N) is 1. The zero-order valence-corrected chi connectivity index (χ0v) is 25.7. The number of rotatable bonds is 14. The second-order valence-corrected chi connectivity index (χ2v) is 11.7. The van der Waals surface area contributed by atoms with Crippen LogP contribution in [-0.2, 0) is 22.6 Å². The van der Waals surface area contributed by atoms with Crippen molar-refractivity contribution in [3.05, 3.63) is 131 Å². The van der Waals surface area contributed by atoms with Gasteiger partial charge in [-0.2, -0.15) is 0 Å². The Hall–Kier alpha value is -4.91. The molecule has 0 bridgehead atoms. The second kappa shape index (κ2) is 15.2. The van der Waals surface area contributed by atoms with Crippen molar-refractivity contribution in [2.75, 3.05) is 18.5 Å². The van der Waals surface area contributed by atoms with Gasteiger partial charge < -0.3 is 20.1 Å². The molecule has 0 unspecified atom stereocenters. The maximum Gasteiger partial charge on any atom is 0.326 e. The van der Waals surface area contributed by atoms with Crippen molar-refractivity contribution >= 4 is 23.3 Å². The number of carbonyl (C=O) groups excluding carboxylic acids is 2. The van der Waals surface area contributed by atoms with Crippen LogP contribution in [0.15, 0.2) is 103 Å². The summed E-state index contributed by atoms with van der Waals surface area (Å²) in [6.45, 7) is 3.45. The van der Waals surface area contributed by atoms with Gasteiger partial charge in [0.1, 0.15) is 18.4 Å². The first-order valence-electron chi connectivity index (χ1n) is 15.6. The van der Waals surface area contributed by atoms with Crippen molar-refractivity contribution < 1.29 is 24.2 Å². The molecule has 232 valence electrons. The highest BCUT2D eigenvalue weighted by Gasteiger charge is 2.27. The lowest BCUT2D eigenvalue weighted by Crippen LogP contribution is -2.37. The smallest absolute Gasteiger partial charge is 0.326 e. The number of anilines is 1. The molecule has 0 aliphatic heterocycles. The number of carboxylic acid groups (broad SMARTS) is 1. The maximum absolute atomic E-state index is 13.3. The van der Waals surface area contributed by atoms with Gasteiger partial charge in [0.2, 0.25) is 5.91 Å². The summed E-state index contributed by atoms with van der Waals surface area (Å²) in [6, 6.07) is 30.6. The van der Waals surface area contributed by atoms with E-state index in [-0.39, 0.29) is 24.0 Å². The van der Waals surface area contributed by atoms with E-state index >= 15 is 0 Å². The Morgan fingerprint density at radius 2 is 1.58 bits per heavy atom. The van der Waals surface area contributed by atoms with Crippen molar-refractivity contribution in [2.24, 2.45) is 5.92 Å². The third kappa shape index (κ3) is 8.60. The van der Waals surface area contributed by atoms with Gasteiger partial charge in [-0.1, -0.05) is 97.3 Å². The Kier molecular flexibility index (Phi) is 10.6. The van der Waals surface area contributed by atoms with Crippen molar-refractivity contribution in [3.8, 4) is 5.75 Å². The Morgan fingerprint density at radius 3 is 2.29 bits per heavy atom. The van der Waals surface area contributed by atoms with E-state index in [0.29, 0.717) is 42.3 Å². The van der Waals surface area contributed by atoms with Crippen molar-refractivity contribution in [1.82, 2.24) is 4.90 Å². The van der Waals surface area contributed by atoms with Gasteiger partial charge >= 0.3 is 5.97 Å². The molecule has 4 aromatic carbocycles. The fourth-order valence-electron chi connectivity index (χ4n) is 5.90. The van der Waals surface area contributed by atoms with Crippen molar-refractivity contribution in [1.29, 1.82) is 0 Å². The summed E-state index contributed by atoms with van der Waals surface area (Å²) < 4.78 is 6.03.